The van der Waals surface area contributed by atoms with Gasteiger partial charge in [-0.25, -0.2) is 9.97 Å². The summed E-state index contributed by atoms with van der Waals surface area (Å²) in [5.74, 6) is 0.662. The lowest BCUT2D eigenvalue weighted by atomic mass is 9.90. The first-order valence-corrected chi connectivity index (χ1v) is 5.51. The van der Waals surface area contributed by atoms with E-state index in [0.717, 1.165) is 19.3 Å². The van der Waals surface area contributed by atoms with Gasteiger partial charge in [-0.2, -0.15) is 0 Å². The van der Waals surface area contributed by atoms with Crippen molar-refractivity contribution >= 4 is 11.6 Å². The molecule has 4 heteroatoms. The van der Waals surface area contributed by atoms with Crippen molar-refractivity contribution in [2.75, 3.05) is 11.1 Å². The Morgan fingerprint density at radius 2 is 1.60 bits per heavy atom. The van der Waals surface area contributed by atoms with Crippen LogP contribution in [-0.2, 0) is 0 Å². The zero-order valence-electron chi connectivity index (χ0n) is 9.75. The van der Waals surface area contributed by atoms with Gasteiger partial charge in [0.2, 0.25) is 5.95 Å². The zero-order valence-corrected chi connectivity index (χ0v) is 9.75. The molecule has 0 aromatic carbocycles. The van der Waals surface area contributed by atoms with Crippen molar-refractivity contribution in [2.24, 2.45) is 0 Å². The molecule has 0 amide bonds. The molecule has 0 fully saturated rings. The highest BCUT2D eigenvalue weighted by Gasteiger charge is 2.24. The maximum absolute atomic E-state index is 5.54. The standard InChI is InChI=1S/C11H20N4/c1-4-11(5-2,6-3)15-10-13-7-9(12)8-14-10/h7-8H,4-6,12H2,1-3H3,(H,13,14,15). The van der Waals surface area contributed by atoms with Gasteiger partial charge in [0.1, 0.15) is 0 Å². The summed E-state index contributed by atoms with van der Waals surface area (Å²) in [5, 5.41) is 3.39. The van der Waals surface area contributed by atoms with E-state index >= 15 is 0 Å². The molecule has 0 unspecified atom stereocenters. The Labute approximate surface area is 91.3 Å². The molecule has 1 heterocycles. The van der Waals surface area contributed by atoms with Crippen LogP contribution in [0.2, 0.25) is 0 Å². The van der Waals surface area contributed by atoms with E-state index < -0.39 is 0 Å². The summed E-state index contributed by atoms with van der Waals surface area (Å²) >= 11 is 0. The molecular weight excluding hydrogens is 188 g/mol. The van der Waals surface area contributed by atoms with E-state index in [1.54, 1.807) is 12.4 Å². The SMILES string of the molecule is CCC(CC)(CC)Nc1ncc(N)cn1. The summed E-state index contributed by atoms with van der Waals surface area (Å²) < 4.78 is 0. The van der Waals surface area contributed by atoms with E-state index in [9.17, 15) is 0 Å². The molecule has 0 saturated carbocycles. The topological polar surface area (TPSA) is 63.8 Å². The monoisotopic (exact) mass is 208 g/mol. The van der Waals surface area contributed by atoms with Gasteiger partial charge in [0.15, 0.2) is 0 Å². The van der Waals surface area contributed by atoms with Gasteiger partial charge < -0.3 is 11.1 Å². The zero-order chi connectivity index (χ0) is 11.3. The Morgan fingerprint density at radius 3 is 2.00 bits per heavy atom. The van der Waals surface area contributed by atoms with Crippen molar-refractivity contribution in [3.8, 4) is 0 Å². The summed E-state index contributed by atoms with van der Waals surface area (Å²) in [5.41, 5.74) is 6.24. The lowest BCUT2D eigenvalue weighted by Crippen LogP contribution is -2.36. The van der Waals surface area contributed by atoms with E-state index in [4.69, 9.17) is 5.73 Å². The van der Waals surface area contributed by atoms with Crippen LogP contribution in [0.1, 0.15) is 40.0 Å². The molecule has 0 aliphatic rings. The maximum atomic E-state index is 5.54. The molecule has 1 rings (SSSR count). The van der Waals surface area contributed by atoms with E-state index in [-0.39, 0.29) is 5.54 Å². The molecule has 1 aromatic heterocycles. The molecule has 15 heavy (non-hydrogen) atoms. The van der Waals surface area contributed by atoms with Crippen LogP contribution in [0, 0.1) is 0 Å². The van der Waals surface area contributed by atoms with E-state index in [1.165, 1.54) is 0 Å². The third-order valence-corrected chi connectivity index (χ3v) is 3.08. The molecule has 84 valence electrons. The predicted molar refractivity (Wildman–Crippen MR) is 63.7 cm³/mol. The quantitative estimate of drug-likeness (QED) is 0.780. The molecule has 0 spiro atoms. The van der Waals surface area contributed by atoms with E-state index in [2.05, 4.69) is 36.1 Å². The van der Waals surface area contributed by atoms with Crippen LogP contribution in [0.4, 0.5) is 11.6 Å². The van der Waals surface area contributed by atoms with Crippen molar-refractivity contribution < 1.29 is 0 Å². The molecule has 4 nitrogen and oxygen atoms in total. The lowest BCUT2D eigenvalue weighted by molar-refractivity contribution is 0.417. The summed E-state index contributed by atoms with van der Waals surface area (Å²) in [7, 11) is 0. The molecule has 0 aliphatic heterocycles. The highest BCUT2D eigenvalue weighted by atomic mass is 15.1. The predicted octanol–water partition coefficient (Wildman–Crippen LogP) is 2.44. The van der Waals surface area contributed by atoms with Crippen LogP contribution in [0.3, 0.4) is 0 Å². The smallest absolute Gasteiger partial charge is 0.223 e. The molecule has 3 N–H and O–H groups in total. The first kappa shape index (κ1) is 11.8. The largest absolute Gasteiger partial charge is 0.396 e. The van der Waals surface area contributed by atoms with Gasteiger partial charge in [-0.3, -0.25) is 0 Å². The van der Waals surface area contributed by atoms with E-state index in [0.29, 0.717) is 11.6 Å². The normalized spacial score (nSPS) is 11.4. The van der Waals surface area contributed by atoms with E-state index in [1.807, 2.05) is 0 Å². The second-order valence-corrected chi connectivity index (χ2v) is 3.81. The molecule has 0 bridgehead atoms. The van der Waals surface area contributed by atoms with Gasteiger partial charge >= 0.3 is 0 Å². The summed E-state index contributed by atoms with van der Waals surface area (Å²) in [6.07, 6.45) is 6.44. The van der Waals surface area contributed by atoms with Gasteiger partial charge in [0.25, 0.3) is 0 Å². The van der Waals surface area contributed by atoms with Crippen LogP contribution in [0.15, 0.2) is 12.4 Å². The van der Waals surface area contributed by atoms with Crippen molar-refractivity contribution in [3.63, 3.8) is 0 Å². The Bertz CT molecular complexity index is 282. The summed E-state index contributed by atoms with van der Waals surface area (Å²) in [6, 6.07) is 0. The molecule has 0 saturated heterocycles. The number of nitrogen functional groups attached to an aromatic ring is 1. The van der Waals surface area contributed by atoms with Crippen LogP contribution in [-0.4, -0.2) is 15.5 Å². The number of rotatable bonds is 5. The maximum Gasteiger partial charge on any atom is 0.223 e. The third-order valence-electron chi connectivity index (χ3n) is 3.08. The Hall–Kier alpha value is -1.32. The first-order valence-electron chi connectivity index (χ1n) is 5.51. The van der Waals surface area contributed by atoms with Crippen molar-refractivity contribution in [3.05, 3.63) is 12.4 Å². The molecule has 0 atom stereocenters. The number of nitrogens with zero attached hydrogens (tertiary/aromatic N) is 2. The average molecular weight is 208 g/mol. The van der Waals surface area contributed by atoms with Crippen molar-refractivity contribution in [2.45, 2.75) is 45.6 Å². The number of nitrogens with two attached hydrogens (primary N) is 1. The minimum absolute atomic E-state index is 0.107. The fourth-order valence-electron chi connectivity index (χ4n) is 1.65. The van der Waals surface area contributed by atoms with Gasteiger partial charge in [0.05, 0.1) is 18.1 Å². The molecule has 0 radical (unpaired) electrons. The van der Waals surface area contributed by atoms with Gasteiger partial charge in [-0.1, -0.05) is 20.8 Å². The van der Waals surface area contributed by atoms with Gasteiger partial charge in [-0.05, 0) is 19.3 Å². The average Bonchev–Trinajstić information content (AvgIpc) is 2.29. The van der Waals surface area contributed by atoms with Gasteiger partial charge in [0, 0.05) is 5.54 Å². The molecule has 1 aromatic rings. The number of hydrogen-bond donors (Lipinski definition) is 2. The summed E-state index contributed by atoms with van der Waals surface area (Å²) in [6.45, 7) is 6.53. The Kier molecular flexibility index (Phi) is 3.88. The second-order valence-electron chi connectivity index (χ2n) is 3.81. The molecular formula is C11H20N4. The summed E-state index contributed by atoms with van der Waals surface area (Å²) in [4.78, 5) is 8.32. The minimum atomic E-state index is 0.107. The number of anilines is 2. The van der Waals surface area contributed by atoms with Crippen LogP contribution in [0.5, 0.6) is 0 Å². The number of aromatic nitrogens is 2. The highest BCUT2D eigenvalue weighted by molar-refractivity contribution is 5.37. The second kappa shape index (κ2) is 4.96. The van der Waals surface area contributed by atoms with Crippen molar-refractivity contribution in [1.29, 1.82) is 0 Å². The highest BCUT2D eigenvalue weighted by Crippen LogP contribution is 2.23. The van der Waals surface area contributed by atoms with Crippen LogP contribution in [0.25, 0.3) is 0 Å². The van der Waals surface area contributed by atoms with Crippen LogP contribution < -0.4 is 11.1 Å². The van der Waals surface area contributed by atoms with Crippen LogP contribution >= 0.6 is 0 Å². The first-order chi connectivity index (χ1) is 7.15. The fraction of sp³-hybridized carbons (Fsp3) is 0.636. The Balaban J connectivity index is 2.78. The van der Waals surface area contributed by atoms with Gasteiger partial charge in [-0.15, -0.1) is 0 Å². The lowest BCUT2D eigenvalue weighted by Gasteiger charge is -2.31. The third kappa shape index (κ3) is 2.81. The fourth-order valence-corrected chi connectivity index (χ4v) is 1.65. The Morgan fingerprint density at radius 1 is 1.13 bits per heavy atom. The molecule has 0 aliphatic carbocycles. The number of hydrogen-bond acceptors (Lipinski definition) is 4. The number of nitrogens with one attached hydrogen (secondary N) is 1. The van der Waals surface area contributed by atoms with Crippen molar-refractivity contribution in [1.82, 2.24) is 9.97 Å². The minimum Gasteiger partial charge on any atom is -0.396 e.